The number of benzene rings is 1. The molecule has 2 atom stereocenters. The number of piperidine rings is 1. The Morgan fingerprint density at radius 1 is 1.21 bits per heavy atom. The fraction of sp³-hybridized carbons (Fsp3) is 0.609. The van der Waals surface area contributed by atoms with Crippen molar-refractivity contribution in [2.45, 2.75) is 74.2 Å². The van der Waals surface area contributed by atoms with Crippen molar-refractivity contribution in [2.75, 3.05) is 24.5 Å². The number of halogens is 1. The van der Waals surface area contributed by atoms with Crippen molar-refractivity contribution < 1.29 is 22.3 Å². The van der Waals surface area contributed by atoms with Gasteiger partial charge < -0.3 is 14.5 Å². The number of ether oxygens (including phenoxy) is 1. The van der Waals surface area contributed by atoms with E-state index in [0.717, 1.165) is 23.4 Å². The molecule has 11 heteroatoms. The molecule has 3 aliphatic rings. The highest BCUT2D eigenvalue weighted by Crippen LogP contribution is 2.36. The van der Waals surface area contributed by atoms with Gasteiger partial charge in [-0.05, 0) is 43.9 Å². The first-order valence-corrected chi connectivity index (χ1v) is 14.1. The second-order valence-corrected chi connectivity index (χ2v) is 12.5. The number of sulfone groups is 1. The maximum absolute atomic E-state index is 15.0. The van der Waals surface area contributed by atoms with E-state index in [2.05, 4.69) is 14.3 Å². The number of carbonyl (C=O) groups excluding carboxylic acids is 1. The molecule has 1 aromatic heterocycles. The molecule has 2 unspecified atom stereocenters. The number of aromatic nitrogens is 2. The van der Waals surface area contributed by atoms with Crippen LogP contribution >= 0.6 is 11.5 Å². The molecule has 0 N–H and O–H groups in total. The van der Waals surface area contributed by atoms with Crippen molar-refractivity contribution in [3.05, 3.63) is 29.8 Å². The van der Waals surface area contributed by atoms with Crippen LogP contribution in [0.4, 0.5) is 9.52 Å². The number of likely N-dealkylation sites (tertiary alicyclic amines) is 1. The molecule has 1 aromatic carbocycles. The van der Waals surface area contributed by atoms with Crippen molar-refractivity contribution in [3.63, 3.8) is 0 Å². The second kappa shape index (κ2) is 9.07. The normalized spacial score (nSPS) is 23.7. The summed E-state index contributed by atoms with van der Waals surface area (Å²) in [7, 11) is -3.49. The average Bonchev–Trinajstić information content (AvgIpc) is 3.41. The Morgan fingerprint density at radius 3 is 2.62 bits per heavy atom. The maximum Gasteiger partial charge on any atom is 0.223 e. The van der Waals surface area contributed by atoms with Gasteiger partial charge in [-0.25, -0.2) is 17.8 Å². The van der Waals surface area contributed by atoms with Gasteiger partial charge in [-0.1, -0.05) is 13.8 Å². The third kappa shape index (κ3) is 4.51. The van der Waals surface area contributed by atoms with Crippen LogP contribution in [0, 0.1) is 5.82 Å². The van der Waals surface area contributed by atoms with Crippen molar-refractivity contribution in [2.24, 2.45) is 0 Å². The van der Waals surface area contributed by atoms with Crippen molar-refractivity contribution in [1.82, 2.24) is 14.3 Å². The van der Waals surface area contributed by atoms with E-state index in [9.17, 15) is 13.2 Å². The van der Waals surface area contributed by atoms with Crippen LogP contribution < -0.4 is 9.64 Å². The summed E-state index contributed by atoms with van der Waals surface area (Å²) in [5.74, 6) is 0.391. The molecule has 34 heavy (non-hydrogen) atoms. The standard InChI is InChI=1S/C23H29FN4O4S2/c1-14(2)22-25-23(33-26-22)27-11-9-18(28-10-3-4-21(28)29)20(13-27)32-19-8-7-16(12-17(19)24)34(30,31)15-5-6-15/h7-8,12,14-15,18,20H,3-6,9-11,13H2,1-2H3. The fourth-order valence-corrected chi connectivity index (χ4v) is 7.16. The van der Waals surface area contributed by atoms with E-state index < -0.39 is 27.0 Å². The summed E-state index contributed by atoms with van der Waals surface area (Å²) in [4.78, 5) is 21.1. The van der Waals surface area contributed by atoms with Crippen molar-refractivity contribution >= 4 is 32.4 Å². The number of carbonyl (C=O) groups is 1. The molecule has 184 valence electrons. The monoisotopic (exact) mass is 508 g/mol. The Bertz CT molecular complexity index is 1180. The summed E-state index contributed by atoms with van der Waals surface area (Å²) in [6, 6.07) is 3.69. The van der Waals surface area contributed by atoms with Crippen LogP contribution in [-0.2, 0) is 14.6 Å². The molecule has 2 aromatic rings. The smallest absolute Gasteiger partial charge is 0.223 e. The van der Waals surface area contributed by atoms with Crippen LogP contribution in [0.1, 0.15) is 57.7 Å². The Hall–Kier alpha value is -2.27. The first kappa shape index (κ1) is 23.5. The molecule has 3 heterocycles. The van der Waals surface area contributed by atoms with Gasteiger partial charge in [-0.3, -0.25) is 4.79 Å². The summed E-state index contributed by atoms with van der Waals surface area (Å²) in [5, 5.41) is 0.383. The zero-order chi connectivity index (χ0) is 24.0. The summed E-state index contributed by atoms with van der Waals surface area (Å²) in [6.07, 6.45) is 2.75. The maximum atomic E-state index is 15.0. The van der Waals surface area contributed by atoms with E-state index in [1.807, 2.05) is 18.7 Å². The first-order valence-electron chi connectivity index (χ1n) is 11.8. The minimum absolute atomic E-state index is 0.00150. The largest absolute Gasteiger partial charge is 0.483 e. The molecule has 1 aliphatic carbocycles. The first-order chi connectivity index (χ1) is 16.2. The van der Waals surface area contributed by atoms with E-state index >= 15 is 4.39 Å². The van der Waals surface area contributed by atoms with Gasteiger partial charge in [0.1, 0.15) is 11.9 Å². The Labute approximate surface area is 203 Å². The van der Waals surface area contributed by atoms with Gasteiger partial charge in [0.05, 0.1) is 22.7 Å². The highest BCUT2D eigenvalue weighted by Gasteiger charge is 2.40. The van der Waals surface area contributed by atoms with E-state index in [4.69, 9.17) is 4.74 Å². The van der Waals surface area contributed by atoms with Crippen molar-refractivity contribution in [3.8, 4) is 5.75 Å². The molecule has 8 nitrogen and oxygen atoms in total. The molecule has 0 radical (unpaired) electrons. The van der Waals surface area contributed by atoms with Gasteiger partial charge in [0.25, 0.3) is 0 Å². The number of nitrogens with zero attached hydrogens (tertiary/aromatic N) is 4. The van der Waals surface area contributed by atoms with Crippen LogP contribution in [0.2, 0.25) is 0 Å². The summed E-state index contributed by atoms with van der Waals surface area (Å²) >= 11 is 1.33. The third-order valence-corrected chi connectivity index (χ3v) is 9.78. The Kier molecular flexibility index (Phi) is 6.26. The predicted octanol–water partition coefficient (Wildman–Crippen LogP) is 3.39. The van der Waals surface area contributed by atoms with E-state index in [1.54, 1.807) is 0 Å². The minimum atomic E-state index is -3.49. The van der Waals surface area contributed by atoms with Gasteiger partial charge >= 0.3 is 0 Å². The van der Waals surface area contributed by atoms with Gasteiger partial charge in [-0.15, -0.1) is 0 Å². The van der Waals surface area contributed by atoms with Crippen LogP contribution in [0.25, 0.3) is 0 Å². The lowest BCUT2D eigenvalue weighted by molar-refractivity contribution is -0.132. The molecule has 2 aliphatic heterocycles. The molecule has 1 amide bonds. The van der Waals surface area contributed by atoms with Gasteiger partial charge in [0, 0.05) is 37.0 Å². The zero-order valence-corrected chi connectivity index (χ0v) is 20.9. The minimum Gasteiger partial charge on any atom is -0.483 e. The summed E-state index contributed by atoms with van der Waals surface area (Å²) in [6.45, 7) is 5.88. The van der Waals surface area contributed by atoms with Gasteiger partial charge in [0.2, 0.25) is 11.0 Å². The van der Waals surface area contributed by atoms with Crippen LogP contribution in [0.3, 0.4) is 0 Å². The second-order valence-electron chi connectivity index (χ2n) is 9.58. The quantitative estimate of drug-likeness (QED) is 0.566. The molecular formula is C23H29FN4O4S2. The lowest BCUT2D eigenvalue weighted by Crippen LogP contribution is -2.57. The molecule has 3 fully saturated rings. The highest BCUT2D eigenvalue weighted by molar-refractivity contribution is 7.92. The van der Waals surface area contributed by atoms with Gasteiger partial charge in [-0.2, -0.15) is 4.37 Å². The molecule has 0 spiro atoms. The average molecular weight is 509 g/mol. The van der Waals surface area contributed by atoms with Gasteiger partial charge in [0.15, 0.2) is 21.4 Å². The highest BCUT2D eigenvalue weighted by atomic mass is 32.2. The zero-order valence-electron chi connectivity index (χ0n) is 19.3. The lowest BCUT2D eigenvalue weighted by atomic mass is 10.00. The number of hydrogen-bond donors (Lipinski definition) is 0. The van der Waals surface area contributed by atoms with E-state index in [1.165, 1.54) is 23.7 Å². The summed E-state index contributed by atoms with van der Waals surface area (Å²) in [5.41, 5.74) is 0. The van der Waals surface area contributed by atoms with Crippen molar-refractivity contribution in [1.29, 1.82) is 0 Å². The molecule has 0 bridgehead atoms. The Balaban J connectivity index is 1.39. The number of anilines is 1. The summed E-state index contributed by atoms with van der Waals surface area (Å²) < 4.78 is 50.6. The Morgan fingerprint density at radius 2 is 2.00 bits per heavy atom. The molecule has 1 saturated carbocycles. The SMILES string of the molecule is CC(C)c1nsc(N2CCC(N3CCCC3=O)C(Oc3ccc(S(=O)(=O)C4CC4)cc3F)C2)n1. The lowest BCUT2D eigenvalue weighted by Gasteiger charge is -2.42. The predicted molar refractivity (Wildman–Crippen MR) is 127 cm³/mol. The van der Waals surface area contributed by atoms with Crippen LogP contribution in [-0.4, -0.2) is 65.6 Å². The van der Waals surface area contributed by atoms with Crippen LogP contribution in [0.15, 0.2) is 23.1 Å². The topological polar surface area (TPSA) is 92.7 Å². The molecule has 5 rings (SSSR count). The van der Waals surface area contributed by atoms with E-state index in [0.29, 0.717) is 45.3 Å². The molecular weight excluding hydrogens is 479 g/mol. The molecule has 2 saturated heterocycles. The number of hydrogen-bond acceptors (Lipinski definition) is 8. The van der Waals surface area contributed by atoms with Crippen LogP contribution in [0.5, 0.6) is 5.75 Å². The number of amides is 1. The number of rotatable bonds is 7. The third-order valence-electron chi connectivity index (χ3n) is 6.73. The van der Waals surface area contributed by atoms with E-state index in [-0.39, 0.29) is 28.5 Å². The fourth-order valence-electron chi connectivity index (χ4n) is 4.65.